The summed E-state index contributed by atoms with van der Waals surface area (Å²) in [5.74, 6) is 0.869. The molecule has 0 saturated heterocycles. The molecule has 0 bridgehead atoms. The number of para-hydroxylation sites is 1. The second-order valence-electron chi connectivity index (χ2n) is 5.17. The maximum atomic E-state index is 9.95. The molecule has 1 aliphatic heterocycles. The summed E-state index contributed by atoms with van der Waals surface area (Å²) in [5.41, 5.74) is 1.85. The Balaban J connectivity index is 1.85. The third-order valence-electron chi connectivity index (χ3n) is 3.93. The molecule has 3 rings (SSSR count). The van der Waals surface area contributed by atoms with E-state index in [0.29, 0.717) is 6.61 Å². The molecule has 2 N–H and O–H groups in total. The molecular weight excluding hydrogens is 250 g/mol. The molecule has 0 aromatic heterocycles. The normalized spacial score (nSPS) is 21.1. The number of rotatable bonds is 4. The van der Waals surface area contributed by atoms with Crippen LogP contribution in [-0.2, 0) is 12.1 Å². The van der Waals surface area contributed by atoms with Gasteiger partial charge in [-0.1, -0.05) is 48.5 Å². The molecule has 0 radical (unpaired) electrons. The number of nitrogens with one attached hydrogen (secondary N) is 1. The molecule has 0 saturated carbocycles. The van der Waals surface area contributed by atoms with E-state index in [4.69, 9.17) is 4.74 Å². The number of aliphatic hydroxyl groups excluding tert-OH is 1. The fraction of sp³-hybridized carbons (Fsp3) is 0.294. The van der Waals surface area contributed by atoms with Crippen molar-refractivity contribution < 1.29 is 9.84 Å². The molecule has 104 valence electrons. The van der Waals surface area contributed by atoms with Crippen LogP contribution in [0.5, 0.6) is 5.75 Å². The number of hydrogen-bond acceptors (Lipinski definition) is 3. The molecule has 1 aliphatic rings. The highest BCUT2D eigenvalue weighted by Gasteiger charge is 2.36. The van der Waals surface area contributed by atoms with Gasteiger partial charge in [-0.25, -0.2) is 0 Å². The SMILES string of the molecule is OCC1(NCc2ccccc2)CCOc2ccccc21. The van der Waals surface area contributed by atoms with Gasteiger partial charge >= 0.3 is 0 Å². The topological polar surface area (TPSA) is 41.5 Å². The van der Waals surface area contributed by atoms with E-state index < -0.39 is 5.54 Å². The first-order chi connectivity index (χ1) is 9.84. The van der Waals surface area contributed by atoms with Gasteiger partial charge in [0.2, 0.25) is 0 Å². The molecule has 20 heavy (non-hydrogen) atoms. The maximum Gasteiger partial charge on any atom is 0.124 e. The molecule has 3 nitrogen and oxygen atoms in total. The number of benzene rings is 2. The second kappa shape index (κ2) is 5.65. The predicted octanol–water partition coefficient (Wildman–Crippen LogP) is 2.45. The zero-order chi connectivity index (χ0) is 13.8. The second-order valence-corrected chi connectivity index (χ2v) is 5.17. The highest BCUT2D eigenvalue weighted by atomic mass is 16.5. The van der Waals surface area contributed by atoms with Gasteiger partial charge in [-0.05, 0) is 11.6 Å². The van der Waals surface area contributed by atoms with Gasteiger partial charge in [0.1, 0.15) is 5.75 Å². The van der Waals surface area contributed by atoms with Crippen molar-refractivity contribution in [3.8, 4) is 5.75 Å². The lowest BCUT2D eigenvalue weighted by atomic mass is 9.85. The van der Waals surface area contributed by atoms with Crippen LogP contribution in [0.2, 0.25) is 0 Å². The summed E-state index contributed by atoms with van der Waals surface area (Å²) in [5, 5.41) is 13.5. The van der Waals surface area contributed by atoms with Gasteiger partial charge in [0.25, 0.3) is 0 Å². The lowest BCUT2D eigenvalue weighted by molar-refractivity contribution is 0.106. The van der Waals surface area contributed by atoms with Crippen molar-refractivity contribution in [1.29, 1.82) is 0 Å². The Labute approximate surface area is 119 Å². The van der Waals surface area contributed by atoms with Gasteiger partial charge in [0.15, 0.2) is 0 Å². The summed E-state index contributed by atoms with van der Waals surface area (Å²) in [6, 6.07) is 18.2. The van der Waals surface area contributed by atoms with Crippen LogP contribution in [0.1, 0.15) is 17.5 Å². The Bertz CT molecular complexity index is 570. The van der Waals surface area contributed by atoms with Crippen LogP contribution in [-0.4, -0.2) is 18.3 Å². The van der Waals surface area contributed by atoms with Gasteiger partial charge in [-0.3, -0.25) is 0 Å². The van der Waals surface area contributed by atoms with Crippen molar-refractivity contribution in [3.63, 3.8) is 0 Å². The molecular formula is C17H19NO2. The Morgan fingerprint density at radius 2 is 1.80 bits per heavy atom. The zero-order valence-corrected chi connectivity index (χ0v) is 11.4. The minimum atomic E-state index is -0.412. The zero-order valence-electron chi connectivity index (χ0n) is 11.4. The average Bonchev–Trinajstić information content (AvgIpc) is 2.54. The molecule has 1 unspecified atom stereocenters. The van der Waals surface area contributed by atoms with Crippen molar-refractivity contribution in [1.82, 2.24) is 5.32 Å². The van der Waals surface area contributed by atoms with Crippen molar-refractivity contribution in [3.05, 3.63) is 65.7 Å². The van der Waals surface area contributed by atoms with Gasteiger partial charge in [0.05, 0.1) is 18.8 Å². The van der Waals surface area contributed by atoms with E-state index in [9.17, 15) is 5.11 Å². The molecule has 2 aromatic rings. The number of aliphatic hydroxyl groups is 1. The fourth-order valence-corrected chi connectivity index (χ4v) is 2.73. The van der Waals surface area contributed by atoms with Crippen LogP contribution in [0.15, 0.2) is 54.6 Å². The monoisotopic (exact) mass is 269 g/mol. The largest absolute Gasteiger partial charge is 0.493 e. The van der Waals surface area contributed by atoms with Gasteiger partial charge in [0, 0.05) is 18.5 Å². The van der Waals surface area contributed by atoms with E-state index in [1.165, 1.54) is 5.56 Å². The highest BCUT2D eigenvalue weighted by Crippen LogP contribution is 2.36. The Kier molecular flexibility index (Phi) is 3.72. The predicted molar refractivity (Wildman–Crippen MR) is 78.6 cm³/mol. The smallest absolute Gasteiger partial charge is 0.124 e. The van der Waals surface area contributed by atoms with Crippen molar-refractivity contribution >= 4 is 0 Å². The average molecular weight is 269 g/mol. The van der Waals surface area contributed by atoms with Gasteiger partial charge in [-0.15, -0.1) is 0 Å². The molecule has 1 atom stereocenters. The molecule has 3 heteroatoms. The molecule has 0 aliphatic carbocycles. The molecule has 0 fully saturated rings. The summed E-state index contributed by atoms with van der Waals surface area (Å²) in [6.07, 6.45) is 0.771. The first-order valence-electron chi connectivity index (χ1n) is 6.96. The van der Waals surface area contributed by atoms with Crippen LogP contribution in [0.25, 0.3) is 0 Å². The van der Waals surface area contributed by atoms with E-state index in [-0.39, 0.29) is 6.61 Å². The Morgan fingerprint density at radius 3 is 2.60 bits per heavy atom. The van der Waals surface area contributed by atoms with E-state index >= 15 is 0 Å². The van der Waals surface area contributed by atoms with Crippen LogP contribution < -0.4 is 10.1 Å². The molecule has 0 amide bonds. The summed E-state index contributed by atoms with van der Waals surface area (Å²) < 4.78 is 5.68. The van der Waals surface area contributed by atoms with Crippen molar-refractivity contribution in [2.24, 2.45) is 0 Å². The quantitative estimate of drug-likeness (QED) is 0.896. The third-order valence-corrected chi connectivity index (χ3v) is 3.93. The third kappa shape index (κ3) is 2.42. The van der Waals surface area contributed by atoms with Crippen LogP contribution >= 0.6 is 0 Å². The van der Waals surface area contributed by atoms with E-state index in [1.807, 2.05) is 42.5 Å². The highest BCUT2D eigenvalue weighted by molar-refractivity contribution is 5.41. The summed E-state index contributed by atoms with van der Waals surface area (Å²) in [4.78, 5) is 0. The summed E-state index contributed by atoms with van der Waals surface area (Å²) >= 11 is 0. The number of ether oxygens (including phenoxy) is 1. The van der Waals surface area contributed by atoms with E-state index in [1.54, 1.807) is 0 Å². The van der Waals surface area contributed by atoms with Crippen LogP contribution in [0, 0.1) is 0 Å². The Hall–Kier alpha value is -1.84. The number of fused-ring (bicyclic) bond motifs is 1. The van der Waals surface area contributed by atoms with E-state index in [0.717, 1.165) is 24.3 Å². The standard InChI is InChI=1S/C17H19NO2/c19-13-17(18-12-14-6-2-1-3-7-14)10-11-20-16-9-5-4-8-15(16)17/h1-9,18-19H,10-13H2. The van der Waals surface area contributed by atoms with Gasteiger partial charge in [-0.2, -0.15) is 0 Å². The molecule has 2 aromatic carbocycles. The minimum Gasteiger partial charge on any atom is -0.493 e. The van der Waals surface area contributed by atoms with E-state index in [2.05, 4.69) is 17.4 Å². The van der Waals surface area contributed by atoms with Crippen LogP contribution in [0.3, 0.4) is 0 Å². The molecule has 0 spiro atoms. The van der Waals surface area contributed by atoms with Crippen molar-refractivity contribution in [2.45, 2.75) is 18.5 Å². The van der Waals surface area contributed by atoms with Crippen LogP contribution in [0.4, 0.5) is 0 Å². The lowest BCUT2D eigenvalue weighted by Crippen LogP contribution is -2.48. The lowest BCUT2D eigenvalue weighted by Gasteiger charge is -2.38. The maximum absolute atomic E-state index is 9.95. The first-order valence-corrected chi connectivity index (χ1v) is 6.96. The summed E-state index contributed by atoms with van der Waals surface area (Å²) in [7, 11) is 0. The van der Waals surface area contributed by atoms with Crippen molar-refractivity contribution in [2.75, 3.05) is 13.2 Å². The summed E-state index contributed by atoms with van der Waals surface area (Å²) in [6.45, 7) is 1.43. The fourth-order valence-electron chi connectivity index (χ4n) is 2.73. The Morgan fingerprint density at radius 1 is 1.05 bits per heavy atom. The first kappa shape index (κ1) is 13.2. The minimum absolute atomic E-state index is 0.0696. The molecule has 1 heterocycles. The van der Waals surface area contributed by atoms with Gasteiger partial charge < -0.3 is 15.2 Å². The number of hydrogen-bond donors (Lipinski definition) is 2.